The number of methoxy groups -OCH3 is 1. The zero-order valence-electron chi connectivity index (χ0n) is 12.9. The predicted molar refractivity (Wildman–Crippen MR) is 75.6 cm³/mol. The van der Waals surface area contributed by atoms with Gasteiger partial charge in [0.25, 0.3) is 0 Å². The molecule has 0 heterocycles. The Bertz CT molecular complexity index is 596. The molecule has 4 fully saturated rings. The standard InChI is InChI=1S/C14H22F2O6S/c1-21-13-4-10-2-11(6-13,5-12(17,3-10)7-13)8-22-9-14(15,16)23(18,19)20/h10,17H,2-9H2,1H3,(H,18,19,20). The molecule has 4 atom stereocenters. The maximum absolute atomic E-state index is 13.3. The summed E-state index contributed by atoms with van der Waals surface area (Å²) >= 11 is 0. The fraction of sp³-hybridized carbons (Fsp3) is 1.00. The van der Waals surface area contributed by atoms with Crippen LogP contribution in [-0.4, -0.2) is 54.9 Å². The highest BCUT2D eigenvalue weighted by Gasteiger charge is 2.63. The average Bonchev–Trinajstić information content (AvgIpc) is 2.33. The molecule has 4 unspecified atom stereocenters. The number of hydrogen-bond donors (Lipinski definition) is 2. The summed E-state index contributed by atoms with van der Waals surface area (Å²) in [6, 6.07) is 0. The van der Waals surface area contributed by atoms with Crippen LogP contribution in [0.2, 0.25) is 0 Å². The molecule has 0 aliphatic heterocycles. The van der Waals surface area contributed by atoms with Crippen LogP contribution in [0.15, 0.2) is 0 Å². The van der Waals surface area contributed by atoms with Crippen LogP contribution in [0.5, 0.6) is 0 Å². The van der Waals surface area contributed by atoms with Gasteiger partial charge in [-0.05, 0) is 43.4 Å². The molecule has 6 nitrogen and oxygen atoms in total. The topological polar surface area (TPSA) is 93.1 Å². The Labute approximate surface area is 133 Å². The van der Waals surface area contributed by atoms with Gasteiger partial charge in [0.2, 0.25) is 0 Å². The van der Waals surface area contributed by atoms with Crippen LogP contribution in [0.4, 0.5) is 8.78 Å². The van der Waals surface area contributed by atoms with E-state index in [1.165, 1.54) is 0 Å². The lowest BCUT2D eigenvalue weighted by Crippen LogP contribution is -2.64. The molecule has 134 valence electrons. The van der Waals surface area contributed by atoms with Crippen molar-refractivity contribution in [1.82, 2.24) is 0 Å². The van der Waals surface area contributed by atoms with Crippen LogP contribution in [0.1, 0.15) is 38.5 Å². The first-order chi connectivity index (χ1) is 10.4. The Hall–Kier alpha value is -0.350. The molecular weight excluding hydrogens is 334 g/mol. The van der Waals surface area contributed by atoms with E-state index in [1.54, 1.807) is 7.11 Å². The number of aliphatic hydroxyl groups is 1. The van der Waals surface area contributed by atoms with Crippen molar-refractivity contribution in [3.8, 4) is 0 Å². The quantitative estimate of drug-likeness (QED) is 0.702. The largest absolute Gasteiger partial charge is 0.392 e. The van der Waals surface area contributed by atoms with Crippen LogP contribution >= 0.6 is 0 Å². The van der Waals surface area contributed by atoms with Crippen LogP contribution in [0, 0.1) is 11.3 Å². The van der Waals surface area contributed by atoms with Gasteiger partial charge in [0, 0.05) is 13.5 Å². The SMILES string of the molecule is COC12CC3CC(O)(CC(COCC(F)(F)S(=O)(=O)O)(C3)C1)C2. The van der Waals surface area contributed by atoms with Crippen molar-refractivity contribution in [2.24, 2.45) is 11.3 Å². The van der Waals surface area contributed by atoms with Gasteiger partial charge in [0.15, 0.2) is 0 Å². The van der Waals surface area contributed by atoms with Gasteiger partial charge >= 0.3 is 15.4 Å². The van der Waals surface area contributed by atoms with Gasteiger partial charge in [-0.15, -0.1) is 0 Å². The molecule has 0 amide bonds. The summed E-state index contributed by atoms with van der Waals surface area (Å²) in [5.41, 5.74) is -1.81. The third-order valence-electron chi connectivity index (χ3n) is 5.59. The number of rotatable bonds is 6. The molecule has 4 bridgehead atoms. The summed E-state index contributed by atoms with van der Waals surface area (Å²) in [5.74, 6) is 0.252. The van der Waals surface area contributed by atoms with E-state index in [0.717, 1.165) is 12.8 Å². The molecule has 0 aromatic rings. The molecular formula is C14H22F2O6S. The van der Waals surface area contributed by atoms with Gasteiger partial charge < -0.3 is 14.6 Å². The number of hydrogen-bond acceptors (Lipinski definition) is 5. The molecule has 4 saturated carbocycles. The smallest absolute Gasteiger partial charge is 0.390 e. The summed E-state index contributed by atoms with van der Waals surface area (Å²) in [6.07, 6.45) is 3.86. The van der Waals surface area contributed by atoms with Gasteiger partial charge in [-0.3, -0.25) is 4.55 Å². The molecule has 0 saturated heterocycles. The zero-order valence-corrected chi connectivity index (χ0v) is 13.7. The van der Waals surface area contributed by atoms with E-state index < -0.39 is 38.6 Å². The second kappa shape index (κ2) is 5.08. The Morgan fingerprint density at radius 2 is 1.91 bits per heavy atom. The highest BCUT2D eigenvalue weighted by atomic mass is 32.2. The maximum atomic E-state index is 13.3. The van der Waals surface area contributed by atoms with Crippen LogP contribution in [0.25, 0.3) is 0 Å². The van der Waals surface area contributed by atoms with Gasteiger partial charge in [-0.25, -0.2) is 0 Å². The van der Waals surface area contributed by atoms with E-state index in [-0.39, 0.29) is 12.5 Å². The minimum absolute atomic E-state index is 0.0813. The van der Waals surface area contributed by atoms with E-state index in [4.69, 9.17) is 14.0 Å². The van der Waals surface area contributed by atoms with Gasteiger partial charge in [-0.1, -0.05) is 0 Å². The lowest BCUT2D eigenvalue weighted by Gasteiger charge is -2.64. The van der Waals surface area contributed by atoms with Crippen molar-refractivity contribution in [3.63, 3.8) is 0 Å². The Morgan fingerprint density at radius 1 is 1.22 bits per heavy atom. The molecule has 4 rings (SSSR count). The molecule has 0 aromatic heterocycles. The third-order valence-corrected chi connectivity index (χ3v) is 6.46. The molecule has 23 heavy (non-hydrogen) atoms. The highest BCUT2D eigenvalue weighted by molar-refractivity contribution is 7.86. The van der Waals surface area contributed by atoms with Crippen molar-refractivity contribution in [2.45, 2.75) is 55.0 Å². The van der Waals surface area contributed by atoms with Gasteiger partial charge in [-0.2, -0.15) is 17.2 Å². The number of ether oxygens (including phenoxy) is 2. The van der Waals surface area contributed by atoms with Gasteiger partial charge in [0.05, 0.1) is 17.8 Å². The average molecular weight is 356 g/mol. The first kappa shape index (κ1) is 17.5. The zero-order chi connectivity index (χ0) is 17.1. The highest BCUT2D eigenvalue weighted by Crippen LogP contribution is 2.64. The van der Waals surface area contributed by atoms with Crippen molar-refractivity contribution in [3.05, 3.63) is 0 Å². The second-order valence-corrected chi connectivity index (χ2v) is 9.27. The first-order valence-corrected chi connectivity index (χ1v) is 9.07. The minimum atomic E-state index is -5.49. The van der Waals surface area contributed by atoms with Crippen LogP contribution in [0.3, 0.4) is 0 Å². The third kappa shape index (κ3) is 3.02. The maximum Gasteiger partial charge on any atom is 0.392 e. The second-order valence-electron chi connectivity index (χ2n) is 7.73. The molecule has 0 radical (unpaired) electrons. The van der Waals surface area contributed by atoms with Crippen LogP contribution in [-0.2, 0) is 19.6 Å². The Morgan fingerprint density at radius 3 is 2.48 bits per heavy atom. The van der Waals surface area contributed by atoms with Crippen molar-refractivity contribution in [2.75, 3.05) is 20.3 Å². The lowest BCUT2D eigenvalue weighted by atomic mass is 9.46. The molecule has 4 aliphatic rings. The van der Waals surface area contributed by atoms with E-state index in [2.05, 4.69) is 0 Å². The minimum Gasteiger partial charge on any atom is -0.390 e. The van der Waals surface area contributed by atoms with Crippen molar-refractivity contribution in [1.29, 1.82) is 0 Å². The summed E-state index contributed by atoms with van der Waals surface area (Å²) in [5, 5.41) is 6.40. The van der Waals surface area contributed by atoms with Crippen LogP contribution < -0.4 is 0 Å². The van der Waals surface area contributed by atoms with Gasteiger partial charge in [0.1, 0.15) is 6.61 Å². The predicted octanol–water partition coefficient (Wildman–Crippen LogP) is 1.58. The molecule has 9 heteroatoms. The normalized spacial score (nSPS) is 43.1. The van der Waals surface area contributed by atoms with E-state index >= 15 is 0 Å². The number of alkyl halides is 2. The monoisotopic (exact) mass is 356 g/mol. The summed E-state index contributed by atoms with van der Waals surface area (Å²) < 4.78 is 66.9. The lowest BCUT2D eigenvalue weighted by molar-refractivity contribution is -0.250. The Balaban J connectivity index is 1.71. The molecule has 0 spiro atoms. The molecule has 4 aliphatic carbocycles. The van der Waals surface area contributed by atoms with E-state index in [9.17, 15) is 22.3 Å². The Kier molecular flexibility index (Phi) is 3.86. The fourth-order valence-corrected chi connectivity index (χ4v) is 5.58. The fourth-order valence-electron chi connectivity index (χ4n) is 5.34. The van der Waals surface area contributed by atoms with E-state index in [1.807, 2.05) is 0 Å². The molecule has 2 N–H and O–H groups in total. The molecule has 0 aromatic carbocycles. The summed E-state index contributed by atoms with van der Waals surface area (Å²) in [7, 11) is -3.90. The van der Waals surface area contributed by atoms with E-state index in [0.29, 0.717) is 25.7 Å². The number of halogens is 2. The summed E-state index contributed by atoms with van der Waals surface area (Å²) in [6.45, 7) is -1.47. The summed E-state index contributed by atoms with van der Waals surface area (Å²) in [4.78, 5) is 0. The first-order valence-electron chi connectivity index (χ1n) is 7.63. The van der Waals surface area contributed by atoms with Crippen molar-refractivity contribution < 1.29 is 36.3 Å². The van der Waals surface area contributed by atoms with Crippen molar-refractivity contribution >= 4 is 10.1 Å².